The van der Waals surface area contributed by atoms with Crippen molar-refractivity contribution in [3.63, 3.8) is 0 Å². The van der Waals surface area contributed by atoms with Gasteiger partial charge in [0, 0.05) is 44.8 Å². The molecular formula is C27H36N4O3S2. The van der Waals surface area contributed by atoms with Crippen LogP contribution in [0.3, 0.4) is 0 Å². The van der Waals surface area contributed by atoms with Crippen molar-refractivity contribution in [1.29, 1.82) is 0 Å². The zero-order chi connectivity index (χ0) is 25.9. The number of anilines is 1. The minimum absolute atomic E-state index is 0.0658. The summed E-state index contributed by atoms with van der Waals surface area (Å²) in [4.78, 5) is 22.4. The Morgan fingerprint density at radius 1 is 1.00 bits per heavy atom. The molecule has 1 fully saturated rings. The third-order valence-electron chi connectivity index (χ3n) is 6.58. The first-order valence-corrected chi connectivity index (χ1v) is 15.1. The first kappa shape index (κ1) is 26.6. The number of nitrogens with zero attached hydrogens (tertiary/aromatic N) is 4. The van der Waals surface area contributed by atoms with Gasteiger partial charge in [-0.15, -0.1) is 0 Å². The van der Waals surface area contributed by atoms with Gasteiger partial charge in [0.15, 0.2) is 5.13 Å². The maximum Gasteiger partial charge on any atom is 0.253 e. The molecule has 1 amide bonds. The SMILES string of the molecule is CCCN(CCC)S(=O)(=O)c1ccc(C(=O)N2CCN(c3nc4c(C(C)C)cccc4s3)CC2)cc1. The highest BCUT2D eigenvalue weighted by Gasteiger charge is 2.26. The first-order chi connectivity index (χ1) is 17.3. The van der Waals surface area contributed by atoms with Gasteiger partial charge in [0.05, 0.1) is 15.1 Å². The molecule has 9 heteroatoms. The van der Waals surface area contributed by atoms with Crippen molar-refractivity contribution in [1.82, 2.24) is 14.2 Å². The van der Waals surface area contributed by atoms with Gasteiger partial charge < -0.3 is 9.80 Å². The molecule has 0 N–H and O–H groups in total. The van der Waals surface area contributed by atoms with Crippen LogP contribution in [0.4, 0.5) is 5.13 Å². The Morgan fingerprint density at radius 2 is 1.64 bits per heavy atom. The summed E-state index contributed by atoms with van der Waals surface area (Å²) >= 11 is 1.70. The summed E-state index contributed by atoms with van der Waals surface area (Å²) in [7, 11) is -3.55. The van der Waals surface area contributed by atoms with Crippen LogP contribution < -0.4 is 4.90 Å². The summed E-state index contributed by atoms with van der Waals surface area (Å²) in [5, 5.41) is 1.00. The van der Waals surface area contributed by atoms with E-state index in [4.69, 9.17) is 4.98 Å². The number of amides is 1. The van der Waals surface area contributed by atoms with Crippen molar-refractivity contribution in [2.24, 2.45) is 0 Å². The van der Waals surface area contributed by atoms with E-state index in [0.717, 1.165) is 36.6 Å². The summed E-state index contributed by atoms with van der Waals surface area (Å²) in [6, 6.07) is 12.8. The Balaban J connectivity index is 1.42. The second-order valence-corrected chi connectivity index (χ2v) is 12.5. The van der Waals surface area contributed by atoms with Gasteiger partial charge in [-0.05, 0) is 54.7 Å². The number of hydrogen-bond acceptors (Lipinski definition) is 6. The van der Waals surface area contributed by atoms with E-state index in [2.05, 4.69) is 36.9 Å². The van der Waals surface area contributed by atoms with Gasteiger partial charge in [0.25, 0.3) is 5.91 Å². The summed E-state index contributed by atoms with van der Waals surface area (Å²) in [5.41, 5.74) is 2.86. The number of fused-ring (bicyclic) bond motifs is 1. The lowest BCUT2D eigenvalue weighted by Gasteiger charge is -2.34. The van der Waals surface area contributed by atoms with E-state index in [1.54, 1.807) is 35.6 Å². The number of hydrogen-bond donors (Lipinski definition) is 0. The lowest BCUT2D eigenvalue weighted by Crippen LogP contribution is -2.48. The van der Waals surface area contributed by atoms with Crippen molar-refractivity contribution in [3.05, 3.63) is 53.6 Å². The lowest BCUT2D eigenvalue weighted by atomic mass is 10.0. The van der Waals surface area contributed by atoms with Crippen LogP contribution in [0.25, 0.3) is 10.2 Å². The first-order valence-electron chi connectivity index (χ1n) is 12.8. The number of sulfonamides is 1. The van der Waals surface area contributed by atoms with Crippen LogP contribution in [0.15, 0.2) is 47.4 Å². The molecule has 0 aliphatic carbocycles. The predicted octanol–water partition coefficient (Wildman–Crippen LogP) is 5.19. The van der Waals surface area contributed by atoms with Crippen molar-refractivity contribution in [2.45, 2.75) is 51.3 Å². The van der Waals surface area contributed by atoms with E-state index in [1.807, 2.05) is 18.7 Å². The molecule has 1 aliphatic rings. The molecule has 2 aromatic carbocycles. The highest BCUT2D eigenvalue weighted by molar-refractivity contribution is 7.89. The molecule has 1 saturated heterocycles. The van der Waals surface area contributed by atoms with E-state index in [0.29, 0.717) is 37.7 Å². The molecular weight excluding hydrogens is 492 g/mol. The third-order valence-corrected chi connectivity index (χ3v) is 9.58. The number of piperazine rings is 1. The summed E-state index contributed by atoms with van der Waals surface area (Å²) in [6.07, 6.45) is 1.52. The highest BCUT2D eigenvalue weighted by Crippen LogP contribution is 2.34. The molecule has 2 heterocycles. The molecule has 0 bridgehead atoms. The van der Waals surface area contributed by atoms with Crippen LogP contribution in [-0.4, -0.2) is 67.8 Å². The molecule has 0 saturated carbocycles. The Bertz CT molecular complexity index is 1290. The summed E-state index contributed by atoms with van der Waals surface area (Å²) in [5.74, 6) is 0.352. The normalized spacial score (nSPS) is 14.8. The fourth-order valence-corrected chi connectivity index (χ4v) is 7.29. The maximum absolute atomic E-state index is 13.1. The predicted molar refractivity (Wildman–Crippen MR) is 148 cm³/mol. The van der Waals surface area contributed by atoms with Gasteiger partial charge in [0.1, 0.15) is 0 Å². The zero-order valence-corrected chi connectivity index (χ0v) is 23.2. The molecule has 0 atom stereocenters. The minimum Gasteiger partial charge on any atom is -0.345 e. The highest BCUT2D eigenvalue weighted by atomic mass is 32.2. The van der Waals surface area contributed by atoms with Gasteiger partial charge in [-0.3, -0.25) is 4.79 Å². The number of benzene rings is 2. The molecule has 0 unspecified atom stereocenters. The van der Waals surface area contributed by atoms with E-state index in [-0.39, 0.29) is 10.8 Å². The van der Waals surface area contributed by atoms with Crippen LogP contribution >= 0.6 is 11.3 Å². The fourth-order valence-electron chi connectivity index (χ4n) is 4.61. The van der Waals surface area contributed by atoms with Gasteiger partial charge in [-0.25, -0.2) is 13.4 Å². The van der Waals surface area contributed by atoms with Crippen LogP contribution in [0, 0.1) is 0 Å². The quantitative estimate of drug-likeness (QED) is 0.382. The summed E-state index contributed by atoms with van der Waals surface area (Å²) in [6.45, 7) is 12.0. The summed E-state index contributed by atoms with van der Waals surface area (Å²) < 4.78 is 28.7. The average Bonchev–Trinajstić information content (AvgIpc) is 3.33. The lowest BCUT2D eigenvalue weighted by molar-refractivity contribution is 0.0746. The van der Waals surface area contributed by atoms with E-state index in [9.17, 15) is 13.2 Å². The topological polar surface area (TPSA) is 73.8 Å². The average molecular weight is 529 g/mol. The molecule has 4 rings (SSSR count). The molecule has 1 aliphatic heterocycles. The van der Waals surface area contributed by atoms with Crippen molar-refractivity contribution >= 4 is 42.6 Å². The van der Waals surface area contributed by atoms with Gasteiger partial charge >= 0.3 is 0 Å². The number of carbonyl (C=O) groups excluding carboxylic acids is 1. The fraction of sp³-hybridized carbons (Fsp3) is 0.481. The number of carbonyl (C=O) groups is 1. The standard InChI is InChI=1S/C27H36N4O3S2/c1-5-14-31(15-6-2)36(33,34)22-12-10-21(11-13-22)26(32)29-16-18-30(19-17-29)27-28-25-23(20(3)4)8-7-9-24(25)35-27/h7-13,20H,5-6,14-19H2,1-4H3. The third kappa shape index (κ3) is 5.43. The van der Waals surface area contributed by atoms with Gasteiger partial charge in [-0.1, -0.05) is 51.2 Å². The molecule has 0 radical (unpaired) electrons. The minimum atomic E-state index is -3.55. The molecule has 194 valence electrons. The number of rotatable bonds is 9. The molecule has 7 nitrogen and oxygen atoms in total. The molecule has 36 heavy (non-hydrogen) atoms. The van der Waals surface area contributed by atoms with Crippen LogP contribution in [0.1, 0.15) is 62.4 Å². The van der Waals surface area contributed by atoms with Crippen molar-refractivity contribution in [2.75, 3.05) is 44.2 Å². The maximum atomic E-state index is 13.1. The monoisotopic (exact) mass is 528 g/mol. The van der Waals surface area contributed by atoms with Crippen molar-refractivity contribution in [3.8, 4) is 0 Å². The Labute approximate surface area is 218 Å². The largest absolute Gasteiger partial charge is 0.345 e. The van der Waals surface area contributed by atoms with E-state index < -0.39 is 10.0 Å². The molecule has 0 spiro atoms. The number of para-hydroxylation sites is 1. The van der Waals surface area contributed by atoms with Gasteiger partial charge in [0.2, 0.25) is 10.0 Å². The molecule has 3 aromatic rings. The van der Waals surface area contributed by atoms with E-state index >= 15 is 0 Å². The second-order valence-electron chi connectivity index (χ2n) is 9.55. The van der Waals surface area contributed by atoms with Crippen LogP contribution in [0.2, 0.25) is 0 Å². The van der Waals surface area contributed by atoms with Crippen LogP contribution in [-0.2, 0) is 10.0 Å². The smallest absolute Gasteiger partial charge is 0.253 e. The van der Waals surface area contributed by atoms with Crippen LogP contribution in [0.5, 0.6) is 0 Å². The Kier molecular flexibility index (Phi) is 8.32. The second kappa shape index (κ2) is 11.3. The van der Waals surface area contributed by atoms with E-state index in [1.165, 1.54) is 14.6 Å². The zero-order valence-electron chi connectivity index (χ0n) is 21.6. The molecule has 1 aromatic heterocycles. The number of thiazole rings is 1. The van der Waals surface area contributed by atoms with Crippen molar-refractivity contribution < 1.29 is 13.2 Å². The number of aromatic nitrogens is 1. The van der Waals surface area contributed by atoms with Gasteiger partial charge in [-0.2, -0.15) is 4.31 Å². The Hall–Kier alpha value is -2.49. The Morgan fingerprint density at radius 3 is 2.22 bits per heavy atom.